The third kappa shape index (κ3) is 7.94. The van der Waals surface area contributed by atoms with Gasteiger partial charge in [0.1, 0.15) is 23.1 Å². The van der Waals surface area contributed by atoms with Crippen LogP contribution in [0.2, 0.25) is 0 Å². The van der Waals surface area contributed by atoms with Gasteiger partial charge in [-0.15, -0.1) is 0 Å². The zero-order valence-corrected chi connectivity index (χ0v) is 52.0. The molecule has 8 atom stereocenters. The van der Waals surface area contributed by atoms with E-state index in [0.717, 1.165) is 0 Å². The Morgan fingerprint density at radius 1 is 0.333 bits per heavy atom. The normalized spacial score (nSPS) is 33.2. The first-order valence-electron chi connectivity index (χ1n) is 29.4. The Hall–Kier alpha value is -5.44. The van der Waals surface area contributed by atoms with Gasteiger partial charge in [-0.25, -0.2) is 0 Å². The van der Waals surface area contributed by atoms with Crippen molar-refractivity contribution >= 4 is 63.6 Å². The van der Waals surface area contributed by atoms with E-state index < -0.39 is 107 Å². The molecule has 8 bridgehead atoms. The quantitative estimate of drug-likeness (QED) is 0.0835. The molecule has 0 spiro atoms. The third-order valence-electron chi connectivity index (χ3n) is 24.3. The van der Waals surface area contributed by atoms with Crippen LogP contribution in [-0.2, 0) is 59.7 Å². The van der Waals surface area contributed by atoms with Crippen LogP contribution in [0.25, 0.3) is 0 Å². The molecule has 0 heterocycles. The van der Waals surface area contributed by atoms with E-state index in [1.54, 1.807) is 24.3 Å². The van der Waals surface area contributed by atoms with Gasteiger partial charge in [-0.2, -0.15) is 33.7 Å². The lowest BCUT2D eigenvalue weighted by atomic mass is 9.70. The zero-order chi connectivity index (χ0) is 60.2. The molecular weight excluding hydrogens is 1150 g/mol. The summed E-state index contributed by atoms with van der Waals surface area (Å²) in [5, 5.41) is 0.358. The predicted octanol–water partition coefficient (Wildman–Crippen LogP) is 9.56. The van der Waals surface area contributed by atoms with Crippen molar-refractivity contribution in [1.29, 1.82) is 0 Å². The second-order valence-corrected chi connectivity index (χ2v) is 34.8. The largest absolute Gasteiger partial charge is 0.382 e. The van der Waals surface area contributed by atoms with Gasteiger partial charge in [-0.1, -0.05) is 104 Å². The molecule has 9 aliphatic rings. The summed E-state index contributed by atoms with van der Waals surface area (Å²) >= 11 is 0. The number of carbonyl (C=O) groups excluding carboxylic acids is 4. The Labute approximate surface area is 490 Å². The number of rotatable bonds is 16. The molecular formula is C64H72O16S4. The van der Waals surface area contributed by atoms with Gasteiger partial charge in [0.2, 0.25) is 0 Å². The van der Waals surface area contributed by atoms with E-state index in [-0.39, 0.29) is 137 Å². The lowest BCUT2D eigenvalue weighted by Gasteiger charge is -2.35. The summed E-state index contributed by atoms with van der Waals surface area (Å²) in [4.78, 5) is 55.5. The summed E-state index contributed by atoms with van der Waals surface area (Å²) in [6, 6.07) is 18.0. The maximum absolute atomic E-state index is 15.0. The van der Waals surface area contributed by atoms with Crippen molar-refractivity contribution in [3.63, 3.8) is 0 Å². The highest BCUT2D eigenvalue weighted by atomic mass is 32.2. The molecule has 0 amide bonds. The van der Waals surface area contributed by atoms with Crippen LogP contribution in [0.4, 0.5) is 0 Å². The van der Waals surface area contributed by atoms with Gasteiger partial charge < -0.3 is 16.7 Å². The van der Waals surface area contributed by atoms with Crippen LogP contribution in [0.1, 0.15) is 132 Å². The molecule has 0 N–H and O–H groups in total. The van der Waals surface area contributed by atoms with Crippen LogP contribution < -0.4 is 16.7 Å². The average Bonchev–Trinajstić information content (AvgIpc) is 1.54. The Bertz CT molecular complexity index is 4000. The van der Waals surface area contributed by atoms with Crippen molar-refractivity contribution < 1.29 is 69.6 Å². The maximum Gasteiger partial charge on any atom is 0.310 e. The number of benzene rings is 4. The topological polar surface area (TPSA) is 242 Å². The molecule has 0 saturated heterocycles. The van der Waals surface area contributed by atoms with Gasteiger partial charge in [0.15, 0.2) is 23.0 Å². The summed E-state index contributed by atoms with van der Waals surface area (Å²) in [6.45, 7) is 15.2. The Kier molecular flexibility index (Phi) is 12.4. The van der Waals surface area contributed by atoms with Gasteiger partial charge in [0.05, 0.1) is 44.7 Å². The van der Waals surface area contributed by atoms with E-state index in [1.165, 1.54) is 48.5 Å². The van der Waals surface area contributed by atoms with E-state index in [0.29, 0.717) is 51.4 Å². The number of hydrogen-bond acceptors (Lipinski definition) is 16. The van der Waals surface area contributed by atoms with E-state index in [2.05, 4.69) is 0 Å². The molecule has 13 rings (SSSR count). The minimum atomic E-state index is -4.73. The van der Waals surface area contributed by atoms with Crippen molar-refractivity contribution in [3.8, 4) is 23.0 Å². The molecule has 8 saturated carbocycles. The summed E-state index contributed by atoms with van der Waals surface area (Å²) in [5.41, 5.74) is -7.79. The van der Waals surface area contributed by atoms with Crippen molar-refractivity contribution in [3.05, 3.63) is 115 Å². The first-order chi connectivity index (χ1) is 39.1. The Morgan fingerprint density at radius 3 is 0.679 bits per heavy atom. The second kappa shape index (κ2) is 18.1. The highest BCUT2D eigenvalue weighted by Crippen LogP contribution is 2.67. The fraction of sp³-hybridized carbons (Fsp3) is 0.562. The van der Waals surface area contributed by atoms with Gasteiger partial charge in [0, 0.05) is 46.6 Å². The van der Waals surface area contributed by atoms with Crippen LogP contribution in [0.5, 0.6) is 23.0 Å². The van der Waals surface area contributed by atoms with Crippen LogP contribution >= 0.6 is 0 Å². The summed E-state index contributed by atoms with van der Waals surface area (Å²) in [7, 11) is -18.9. The molecule has 84 heavy (non-hydrogen) atoms. The van der Waals surface area contributed by atoms with Crippen molar-refractivity contribution in [2.45, 2.75) is 132 Å². The molecule has 0 aromatic heterocycles. The summed E-state index contributed by atoms with van der Waals surface area (Å²) in [5.74, 6) is -4.66. The maximum atomic E-state index is 15.0. The highest BCUT2D eigenvalue weighted by Gasteiger charge is 2.69. The fourth-order valence-electron chi connectivity index (χ4n) is 18.6. The molecule has 448 valence electrons. The Morgan fingerprint density at radius 2 is 0.524 bits per heavy atom. The minimum Gasteiger partial charge on any atom is -0.382 e. The van der Waals surface area contributed by atoms with E-state index in [1.807, 2.05) is 55.4 Å². The molecule has 9 aliphatic carbocycles. The second-order valence-electron chi connectivity index (χ2n) is 28.5. The lowest BCUT2D eigenvalue weighted by Crippen LogP contribution is -2.43. The summed E-state index contributed by atoms with van der Waals surface area (Å²) < 4.78 is 145. The van der Waals surface area contributed by atoms with E-state index >= 15 is 0 Å². The van der Waals surface area contributed by atoms with Gasteiger partial charge in [-0.05, 0) is 142 Å². The zero-order valence-electron chi connectivity index (χ0n) is 48.7. The lowest BCUT2D eigenvalue weighted by molar-refractivity contribution is -0.128. The number of ketones is 4. The first kappa shape index (κ1) is 57.6. The molecule has 4 aromatic carbocycles. The van der Waals surface area contributed by atoms with Gasteiger partial charge >= 0.3 is 40.5 Å². The van der Waals surface area contributed by atoms with Crippen LogP contribution in [0.3, 0.4) is 0 Å². The number of hydrogen-bond donors (Lipinski definition) is 0. The molecule has 8 fully saturated rings. The van der Waals surface area contributed by atoms with Crippen molar-refractivity contribution in [2.75, 3.05) is 23.0 Å². The molecule has 16 nitrogen and oxygen atoms in total. The van der Waals surface area contributed by atoms with Crippen molar-refractivity contribution in [2.24, 2.45) is 67.0 Å². The smallest absolute Gasteiger partial charge is 0.310 e. The van der Waals surface area contributed by atoms with Crippen LogP contribution in [-0.4, -0.2) is 79.8 Å². The van der Waals surface area contributed by atoms with Gasteiger partial charge in [0.25, 0.3) is 0 Å². The third-order valence-corrected chi connectivity index (χ3v) is 29.4. The van der Waals surface area contributed by atoms with Gasteiger partial charge in [-0.3, -0.25) is 19.2 Å². The number of carbonyl (C=O) groups is 4. The predicted molar refractivity (Wildman–Crippen MR) is 308 cm³/mol. The standard InChI is InChI=1S/C64H72O16S4/c1-57(2)37-21-25-61(57,49(65)29-37)33-81(69,70)77-45-17-9-13-41-42-14-10-19-47(79-83(73,74)35-63-27-23-39(31-51(63)67)59(63,5)6)55(42)56-44(16-12-20-48(56)80-84(75,76)36-64-28-24-40(32-52(64)68)60(64,7)8)43-15-11-18-46(54(43)53(41)45)78-82(71,72)34-62-26-22-38(30-50(62)66)58(62,3)4/h9-20,37-40H,21-36H2,1-8H3/b42-41-,44-43-,54-53-,56-55-/t37-,38-,39-,40-,61-,62-,63-,64-/m1/s1. The number of Topliss-reactive ketones (excluding diaryl/α,β-unsaturated/α-hetero) is 4. The first-order valence-corrected chi connectivity index (χ1v) is 35.7. The molecule has 4 aromatic rings. The highest BCUT2D eigenvalue weighted by molar-refractivity contribution is 7.88. The molecule has 20 heteroatoms. The van der Waals surface area contributed by atoms with Crippen LogP contribution in [0, 0.1) is 109 Å². The van der Waals surface area contributed by atoms with Crippen LogP contribution in [0.15, 0.2) is 72.8 Å². The molecule has 0 radical (unpaired) electrons. The summed E-state index contributed by atoms with van der Waals surface area (Å²) in [6.07, 6.45) is 4.85. The molecule has 0 unspecified atom stereocenters. The monoisotopic (exact) mass is 1220 g/mol. The minimum absolute atomic E-state index is 0.0300. The average molecular weight is 1230 g/mol. The number of fused-ring (bicyclic) bond motifs is 12. The molecule has 0 aliphatic heterocycles. The fourth-order valence-corrected chi connectivity index (χ4v) is 25.6. The van der Waals surface area contributed by atoms with Crippen molar-refractivity contribution in [1.82, 2.24) is 0 Å². The SMILES string of the molecule is CC1(C)[C@@H]2CC[C@@]1(CS(=O)(=O)Oc1cccc3/c1=c1/c(OS(=O)(=O)C[C@]45CC[C@H](CC4=O)C5(C)C)ccc/c1=c1\cccc(OS(=O)(=O)C[C@]45CC[C@H](CC4=O)C5(C)C)\c1=c1/c(OS(=O)(=O)C[C@]45CC[C@H](CC4=O)C5(C)C)ccc/c1=3)C(=O)C2. The van der Waals surface area contributed by atoms with E-state index in [4.69, 9.17) is 16.7 Å². The van der Waals surface area contributed by atoms with E-state index in [9.17, 15) is 52.8 Å². The Balaban J connectivity index is 1.11.